The largest absolute Gasteiger partial charge is 0.480 e. The van der Waals surface area contributed by atoms with Gasteiger partial charge in [-0.3, -0.25) is 9.59 Å². The van der Waals surface area contributed by atoms with Crippen molar-refractivity contribution in [1.82, 2.24) is 4.90 Å². The number of fused-ring (bicyclic) bond motifs is 1. The van der Waals surface area contributed by atoms with E-state index in [9.17, 15) is 9.59 Å². The van der Waals surface area contributed by atoms with Crippen molar-refractivity contribution >= 4 is 11.9 Å². The second-order valence-electron chi connectivity index (χ2n) is 5.38. The Bertz CT molecular complexity index is 327. The molecule has 0 aromatic rings. The van der Waals surface area contributed by atoms with Gasteiger partial charge in [0, 0.05) is 12.0 Å². The predicted molar refractivity (Wildman–Crippen MR) is 56.7 cm³/mol. The minimum Gasteiger partial charge on any atom is -0.480 e. The number of amides is 1. The molecule has 0 aliphatic heterocycles. The van der Waals surface area contributed by atoms with E-state index >= 15 is 0 Å². The summed E-state index contributed by atoms with van der Waals surface area (Å²) < 4.78 is 0. The van der Waals surface area contributed by atoms with Crippen molar-refractivity contribution in [2.24, 2.45) is 17.8 Å². The van der Waals surface area contributed by atoms with Gasteiger partial charge in [-0.25, -0.2) is 0 Å². The molecule has 3 rings (SSSR count). The fraction of sp³-hybridized carbons (Fsp3) is 0.833. The van der Waals surface area contributed by atoms with E-state index in [2.05, 4.69) is 0 Å². The molecule has 0 heterocycles. The topological polar surface area (TPSA) is 57.6 Å². The molecule has 3 aliphatic carbocycles. The third-order valence-electron chi connectivity index (χ3n) is 4.27. The number of nitrogens with zero attached hydrogens (tertiary/aromatic N) is 1. The standard InChI is InChI=1S/C12H17NO3/c14-10(15)6-13(7-4-5-7)12(16)11-8-2-1-3-9(8)11/h7-9,11H,1-6H2,(H,14,15). The van der Waals surface area contributed by atoms with Gasteiger partial charge < -0.3 is 10.0 Å². The molecule has 0 radical (unpaired) electrons. The summed E-state index contributed by atoms with van der Waals surface area (Å²) in [6.45, 7) is -0.0978. The number of hydrogen-bond donors (Lipinski definition) is 1. The highest BCUT2D eigenvalue weighted by molar-refractivity contribution is 5.86. The van der Waals surface area contributed by atoms with E-state index in [4.69, 9.17) is 5.11 Å². The number of aliphatic carboxylic acids is 1. The quantitative estimate of drug-likeness (QED) is 0.776. The summed E-state index contributed by atoms with van der Waals surface area (Å²) in [6, 6.07) is 0.227. The van der Waals surface area contributed by atoms with Gasteiger partial charge in [0.15, 0.2) is 0 Å². The van der Waals surface area contributed by atoms with Crippen LogP contribution in [0.1, 0.15) is 32.1 Å². The first-order valence-electron chi connectivity index (χ1n) is 6.21. The minimum absolute atomic E-state index is 0.0978. The van der Waals surface area contributed by atoms with Gasteiger partial charge in [0.25, 0.3) is 0 Å². The molecule has 1 N–H and O–H groups in total. The maximum Gasteiger partial charge on any atom is 0.323 e. The first-order chi connectivity index (χ1) is 7.68. The Balaban J connectivity index is 1.65. The van der Waals surface area contributed by atoms with Crippen LogP contribution in [0.2, 0.25) is 0 Å². The van der Waals surface area contributed by atoms with E-state index in [1.807, 2.05) is 0 Å². The third-order valence-corrected chi connectivity index (χ3v) is 4.27. The molecular formula is C12H17NO3. The fourth-order valence-electron chi connectivity index (χ4n) is 3.30. The summed E-state index contributed by atoms with van der Waals surface area (Å²) in [6.07, 6.45) is 5.57. The van der Waals surface area contributed by atoms with Crippen LogP contribution in [0.3, 0.4) is 0 Å². The van der Waals surface area contributed by atoms with E-state index < -0.39 is 5.97 Å². The second kappa shape index (κ2) is 3.47. The maximum atomic E-state index is 12.2. The van der Waals surface area contributed by atoms with Crippen LogP contribution >= 0.6 is 0 Å². The summed E-state index contributed by atoms with van der Waals surface area (Å²) in [7, 11) is 0. The summed E-state index contributed by atoms with van der Waals surface area (Å²) in [5, 5.41) is 8.82. The highest BCUT2D eigenvalue weighted by Gasteiger charge is 2.58. The van der Waals surface area contributed by atoms with Crippen LogP contribution in [0.4, 0.5) is 0 Å². The van der Waals surface area contributed by atoms with E-state index in [1.54, 1.807) is 4.90 Å². The number of rotatable bonds is 4. The van der Waals surface area contributed by atoms with Crippen LogP contribution in [-0.2, 0) is 9.59 Å². The van der Waals surface area contributed by atoms with Gasteiger partial charge in [0.2, 0.25) is 5.91 Å². The number of carbonyl (C=O) groups excluding carboxylic acids is 1. The maximum absolute atomic E-state index is 12.2. The zero-order valence-corrected chi connectivity index (χ0v) is 9.26. The lowest BCUT2D eigenvalue weighted by atomic mass is 10.1. The third kappa shape index (κ3) is 1.60. The summed E-state index contributed by atoms with van der Waals surface area (Å²) in [5.41, 5.74) is 0. The van der Waals surface area contributed by atoms with Gasteiger partial charge in [-0.1, -0.05) is 6.42 Å². The van der Waals surface area contributed by atoms with Gasteiger partial charge >= 0.3 is 5.97 Å². The molecule has 4 nitrogen and oxygen atoms in total. The van der Waals surface area contributed by atoms with E-state index in [-0.39, 0.29) is 24.4 Å². The van der Waals surface area contributed by atoms with Gasteiger partial charge in [-0.15, -0.1) is 0 Å². The van der Waals surface area contributed by atoms with Crippen molar-refractivity contribution in [3.8, 4) is 0 Å². The lowest BCUT2D eigenvalue weighted by molar-refractivity contribution is -0.145. The Labute approximate surface area is 94.6 Å². The van der Waals surface area contributed by atoms with Gasteiger partial charge in [0.1, 0.15) is 6.54 Å². The Hall–Kier alpha value is -1.06. The minimum atomic E-state index is -0.883. The Morgan fingerprint density at radius 1 is 1.12 bits per heavy atom. The molecule has 3 saturated carbocycles. The lowest BCUT2D eigenvalue weighted by Crippen LogP contribution is -2.39. The van der Waals surface area contributed by atoms with Crippen LogP contribution in [0, 0.1) is 17.8 Å². The van der Waals surface area contributed by atoms with E-state index in [1.165, 1.54) is 19.3 Å². The second-order valence-corrected chi connectivity index (χ2v) is 5.38. The average Bonchev–Trinajstić information content (AvgIpc) is 3.14. The smallest absolute Gasteiger partial charge is 0.323 e. The predicted octanol–water partition coefficient (Wildman–Crippen LogP) is 1.11. The lowest BCUT2D eigenvalue weighted by Gasteiger charge is -2.21. The Morgan fingerprint density at radius 3 is 2.25 bits per heavy atom. The van der Waals surface area contributed by atoms with Crippen molar-refractivity contribution in [3.05, 3.63) is 0 Å². The molecule has 2 unspecified atom stereocenters. The summed E-state index contributed by atoms with van der Waals surface area (Å²) in [4.78, 5) is 24.6. The van der Waals surface area contributed by atoms with Crippen LogP contribution in [0.25, 0.3) is 0 Å². The van der Waals surface area contributed by atoms with Crippen molar-refractivity contribution in [2.75, 3.05) is 6.54 Å². The number of carboxylic acids is 1. The monoisotopic (exact) mass is 223 g/mol. The van der Waals surface area contributed by atoms with Gasteiger partial charge in [-0.2, -0.15) is 0 Å². The molecule has 3 fully saturated rings. The van der Waals surface area contributed by atoms with Crippen LogP contribution in [-0.4, -0.2) is 34.5 Å². The normalized spacial score (nSPS) is 35.6. The zero-order valence-electron chi connectivity index (χ0n) is 9.26. The van der Waals surface area contributed by atoms with Gasteiger partial charge in [0.05, 0.1) is 0 Å². The van der Waals surface area contributed by atoms with Crippen molar-refractivity contribution < 1.29 is 14.7 Å². The Kier molecular flexibility index (Phi) is 2.19. The Morgan fingerprint density at radius 2 is 1.75 bits per heavy atom. The molecule has 88 valence electrons. The molecule has 3 aliphatic rings. The van der Waals surface area contributed by atoms with Crippen LogP contribution in [0.5, 0.6) is 0 Å². The van der Waals surface area contributed by atoms with Crippen molar-refractivity contribution in [2.45, 2.75) is 38.1 Å². The van der Waals surface area contributed by atoms with Crippen LogP contribution < -0.4 is 0 Å². The van der Waals surface area contributed by atoms with E-state index in [0.29, 0.717) is 11.8 Å². The molecule has 0 spiro atoms. The molecule has 4 heteroatoms. The highest BCUT2D eigenvalue weighted by Crippen LogP contribution is 2.58. The van der Waals surface area contributed by atoms with Crippen molar-refractivity contribution in [3.63, 3.8) is 0 Å². The molecule has 1 amide bonds. The summed E-state index contributed by atoms with van der Waals surface area (Å²) >= 11 is 0. The number of hydrogen-bond acceptors (Lipinski definition) is 2. The molecular weight excluding hydrogens is 206 g/mol. The fourth-order valence-corrected chi connectivity index (χ4v) is 3.30. The molecule has 0 bridgehead atoms. The molecule has 0 aromatic heterocycles. The zero-order chi connectivity index (χ0) is 11.3. The van der Waals surface area contributed by atoms with Crippen molar-refractivity contribution in [1.29, 1.82) is 0 Å². The van der Waals surface area contributed by atoms with Gasteiger partial charge in [-0.05, 0) is 37.5 Å². The first-order valence-corrected chi connectivity index (χ1v) is 6.21. The first kappa shape index (κ1) is 10.1. The average molecular weight is 223 g/mol. The SMILES string of the molecule is O=C(O)CN(C(=O)C1C2CCCC21)C1CC1. The molecule has 0 saturated heterocycles. The number of carbonyl (C=O) groups is 2. The molecule has 0 aromatic carbocycles. The summed E-state index contributed by atoms with van der Waals surface area (Å²) in [5.74, 6) is 0.587. The number of carboxylic acid groups (broad SMARTS) is 1. The highest BCUT2D eigenvalue weighted by atomic mass is 16.4. The van der Waals surface area contributed by atoms with Crippen LogP contribution in [0.15, 0.2) is 0 Å². The molecule has 16 heavy (non-hydrogen) atoms. The van der Waals surface area contributed by atoms with E-state index in [0.717, 1.165) is 12.8 Å². The molecule has 2 atom stereocenters.